The van der Waals surface area contributed by atoms with Gasteiger partial charge in [0.2, 0.25) is 0 Å². The van der Waals surface area contributed by atoms with E-state index in [9.17, 15) is 10.1 Å². The lowest BCUT2D eigenvalue weighted by Crippen LogP contribution is -2.87. The Bertz CT molecular complexity index is 583. The summed E-state index contributed by atoms with van der Waals surface area (Å²) in [6.07, 6.45) is 0. The van der Waals surface area contributed by atoms with E-state index in [0.717, 1.165) is 5.56 Å². The molecule has 4 nitrogen and oxygen atoms in total. The van der Waals surface area contributed by atoms with E-state index in [1.54, 1.807) is 19.1 Å². The van der Waals surface area contributed by atoms with Crippen LogP contribution in [0.15, 0.2) is 18.2 Å². The second kappa shape index (κ2) is 7.82. The van der Waals surface area contributed by atoms with E-state index in [4.69, 9.17) is 23.2 Å². The fraction of sp³-hybridized carbons (Fsp3) is 0.500. The number of amides is 1. The van der Waals surface area contributed by atoms with Crippen molar-refractivity contribution in [2.45, 2.75) is 39.3 Å². The number of quaternary nitrogens is 1. The first kappa shape index (κ1) is 18.8. The molecule has 1 aromatic rings. The molecule has 0 spiro atoms. The van der Waals surface area contributed by atoms with Crippen LogP contribution in [0, 0.1) is 17.2 Å². The SMILES string of the molecule is CC(C)[C@](C)(C#N)NC(=O)C[NH2+][C@@H](C)c1ccc(Cl)cc1Cl. The van der Waals surface area contributed by atoms with Crippen LogP contribution in [0.5, 0.6) is 0 Å². The number of rotatable bonds is 6. The van der Waals surface area contributed by atoms with Gasteiger partial charge >= 0.3 is 0 Å². The first-order valence-corrected chi connectivity index (χ1v) is 7.95. The molecule has 0 aromatic heterocycles. The number of hydrogen-bond acceptors (Lipinski definition) is 2. The second-order valence-electron chi connectivity index (χ2n) is 5.91. The number of carbonyl (C=O) groups is 1. The average Bonchev–Trinajstić information content (AvgIpc) is 2.44. The zero-order valence-corrected chi connectivity index (χ0v) is 14.8. The number of carbonyl (C=O) groups excluding carboxylic acids is 1. The second-order valence-corrected chi connectivity index (χ2v) is 6.76. The summed E-state index contributed by atoms with van der Waals surface area (Å²) in [6, 6.07) is 7.50. The fourth-order valence-corrected chi connectivity index (χ4v) is 2.50. The molecule has 0 saturated heterocycles. The molecule has 1 amide bonds. The summed E-state index contributed by atoms with van der Waals surface area (Å²) in [6.45, 7) is 7.74. The maximum atomic E-state index is 12.0. The monoisotopic (exact) mass is 342 g/mol. The van der Waals surface area contributed by atoms with Gasteiger partial charge in [-0.2, -0.15) is 5.26 Å². The van der Waals surface area contributed by atoms with E-state index in [0.29, 0.717) is 10.0 Å². The van der Waals surface area contributed by atoms with Crippen LogP contribution in [0.3, 0.4) is 0 Å². The number of nitriles is 1. The van der Waals surface area contributed by atoms with Crippen molar-refractivity contribution < 1.29 is 10.1 Å². The molecule has 2 atom stereocenters. The van der Waals surface area contributed by atoms with Crippen molar-refractivity contribution in [1.29, 1.82) is 5.26 Å². The summed E-state index contributed by atoms with van der Waals surface area (Å²) in [5, 5.41) is 15.1. The number of halogens is 2. The van der Waals surface area contributed by atoms with Crippen molar-refractivity contribution in [2.75, 3.05) is 6.54 Å². The van der Waals surface area contributed by atoms with Crippen molar-refractivity contribution in [1.82, 2.24) is 5.32 Å². The highest BCUT2D eigenvalue weighted by Gasteiger charge is 2.30. The van der Waals surface area contributed by atoms with Crippen molar-refractivity contribution in [2.24, 2.45) is 5.92 Å². The third kappa shape index (κ3) is 4.88. The maximum Gasteiger partial charge on any atom is 0.276 e. The predicted molar refractivity (Wildman–Crippen MR) is 88.7 cm³/mol. The Kier molecular flexibility index (Phi) is 6.67. The Morgan fingerprint density at radius 2 is 2.05 bits per heavy atom. The van der Waals surface area contributed by atoms with Crippen LogP contribution in [0.1, 0.15) is 39.3 Å². The normalized spacial score (nSPS) is 15.0. The van der Waals surface area contributed by atoms with Crippen molar-refractivity contribution in [3.05, 3.63) is 33.8 Å². The zero-order valence-electron chi connectivity index (χ0n) is 13.3. The minimum Gasteiger partial charge on any atom is -0.333 e. The Morgan fingerprint density at radius 3 is 2.55 bits per heavy atom. The predicted octanol–water partition coefficient (Wildman–Crippen LogP) is 2.67. The third-order valence-corrected chi connectivity index (χ3v) is 4.46. The standard InChI is InChI=1S/C16H21Cl2N3O/c1-10(2)16(4,9-19)21-15(22)8-20-11(3)13-6-5-12(17)7-14(13)18/h5-7,10-11,20H,8H2,1-4H3,(H,21,22)/p+1/t11-,16-/m0/s1. The molecule has 120 valence electrons. The number of nitrogens with one attached hydrogen (secondary N) is 1. The number of nitrogens with two attached hydrogens (primary N) is 1. The number of benzene rings is 1. The molecule has 0 unspecified atom stereocenters. The first-order chi connectivity index (χ1) is 10.2. The van der Waals surface area contributed by atoms with Gasteiger partial charge in [-0.3, -0.25) is 4.79 Å². The van der Waals surface area contributed by atoms with E-state index in [-0.39, 0.29) is 24.4 Å². The summed E-state index contributed by atoms with van der Waals surface area (Å²) in [7, 11) is 0. The van der Waals surface area contributed by atoms with Crippen LogP contribution in [0.4, 0.5) is 0 Å². The molecule has 0 aliphatic heterocycles. The summed E-state index contributed by atoms with van der Waals surface area (Å²) >= 11 is 12.0. The van der Waals surface area contributed by atoms with Gasteiger partial charge in [0.15, 0.2) is 6.54 Å². The smallest absolute Gasteiger partial charge is 0.276 e. The van der Waals surface area contributed by atoms with Gasteiger partial charge < -0.3 is 10.6 Å². The molecule has 0 saturated carbocycles. The molecule has 0 radical (unpaired) electrons. The number of nitrogens with zero attached hydrogens (tertiary/aromatic N) is 1. The topological polar surface area (TPSA) is 69.5 Å². The zero-order chi connectivity index (χ0) is 16.9. The van der Waals surface area contributed by atoms with Gasteiger partial charge in [0, 0.05) is 10.6 Å². The minimum absolute atomic E-state index is 0.0166. The van der Waals surface area contributed by atoms with E-state index in [2.05, 4.69) is 11.4 Å². The molecule has 6 heteroatoms. The van der Waals surface area contributed by atoms with Gasteiger partial charge in [-0.15, -0.1) is 0 Å². The van der Waals surface area contributed by atoms with Crippen molar-refractivity contribution in [3.8, 4) is 6.07 Å². The summed E-state index contributed by atoms with van der Waals surface area (Å²) < 4.78 is 0. The largest absolute Gasteiger partial charge is 0.333 e. The molecule has 1 aromatic carbocycles. The summed E-state index contributed by atoms with van der Waals surface area (Å²) in [5.74, 6) is -0.140. The Labute approximate surface area is 141 Å². The van der Waals surface area contributed by atoms with Crippen LogP contribution in [0.25, 0.3) is 0 Å². The van der Waals surface area contributed by atoms with Crippen LogP contribution in [-0.2, 0) is 4.79 Å². The Hall–Kier alpha value is -1.28. The van der Waals surface area contributed by atoms with Gasteiger partial charge in [0.1, 0.15) is 11.6 Å². The highest BCUT2D eigenvalue weighted by Crippen LogP contribution is 2.24. The van der Waals surface area contributed by atoms with E-state index in [1.807, 2.05) is 32.2 Å². The van der Waals surface area contributed by atoms with E-state index >= 15 is 0 Å². The van der Waals surface area contributed by atoms with Gasteiger partial charge in [-0.25, -0.2) is 0 Å². The summed E-state index contributed by atoms with van der Waals surface area (Å²) in [4.78, 5) is 12.0. The Balaban J connectivity index is 2.62. The highest BCUT2D eigenvalue weighted by molar-refractivity contribution is 6.35. The lowest BCUT2D eigenvalue weighted by Gasteiger charge is -2.27. The van der Waals surface area contributed by atoms with Gasteiger partial charge in [-0.1, -0.05) is 43.1 Å². The lowest BCUT2D eigenvalue weighted by molar-refractivity contribution is -0.682. The molecular formula is C16H22Cl2N3O+. The molecule has 0 fully saturated rings. The van der Waals surface area contributed by atoms with E-state index < -0.39 is 5.54 Å². The molecule has 3 N–H and O–H groups in total. The van der Waals surface area contributed by atoms with Crippen molar-refractivity contribution >= 4 is 29.1 Å². The van der Waals surface area contributed by atoms with Gasteiger partial charge in [-0.05, 0) is 31.9 Å². The quantitative estimate of drug-likeness (QED) is 0.834. The minimum atomic E-state index is -0.855. The molecule has 0 heterocycles. The average molecular weight is 343 g/mol. The lowest BCUT2D eigenvalue weighted by atomic mass is 9.90. The first-order valence-electron chi connectivity index (χ1n) is 7.20. The third-order valence-electron chi connectivity index (χ3n) is 3.90. The van der Waals surface area contributed by atoms with Crippen LogP contribution < -0.4 is 10.6 Å². The maximum absolute atomic E-state index is 12.0. The fourth-order valence-electron chi connectivity index (χ4n) is 1.92. The van der Waals surface area contributed by atoms with E-state index in [1.165, 1.54) is 0 Å². The van der Waals surface area contributed by atoms with Crippen LogP contribution in [-0.4, -0.2) is 18.0 Å². The van der Waals surface area contributed by atoms with Gasteiger partial charge in [0.25, 0.3) is 5.91 Å². The number of hydrogen-bond donors (Lipinski definition) is 2. The summed E-state index contributed by atoms with van der Waals surface area (Å²) in [5.41, 5.74) is 0.0669. The molecule has 1 rings (SSSR count). The highest BCUT2D eigenvalue weighted by atomic mass is 35.5. The van der Waals surface area contributed by atoms with Crippen LogP contribution in [0.2, 0.25) is 10.0 Å². The Morgan fingerprint density at radius 1 is 1.41 bits per heavy atom. The van der Waals surface area contributed by atoms with Crippen molar-refractivity contribution in [3.63, 3.8) is 0 Å². The van der Waals surface area contributed by atoms with Crippen LogP contribution >= 0.6 is 23.2 Å². The molecule has 0 aliphatic rings. The van der Waals surface area contributed by atoms with Gasteiger partial charge in [0.05, 0.1) is 11.1 Å². The molecule has 22 heavy (non-hydrogen) atoms. The molecule has 0 aliphatic carbocycles. The molecular weight excluding hydrogens is 321 g/mol. The molecule has 0 bridgehead atoms.